The molecule has 20 heavy (non-hydrogen) atoms. The maximum absolute atomic E-state index is 5.32. The Morgan fingerprint density at radius 1 is 0.850 bits per heavy atom. The van der Waals surface area contributed by atoms with Gasteiger partial charge in [-0.2, -0.15) is 0 Å². The lowest BCUT2D eigenvalue weighted by Gasteiger charge is -1.68. The van der Waals surface area contributed by atoms with Crippen molar-refractivity contribution in [2.24, 2.45) is 0 Å². The van der Waals surface area contributed by atoms with Gasteiger partial charge < -0.3 is 47.2 Å². The van der Waals surface area contributed by atoms with Crippen molar-refractivity contribution < 1.29 is 46.0 Å². The monoisotopic (exact) mass is 402 g/mol. The molecule has 0 saturated carbocycles. The van der Waals surface area contributed by atoms with Crippen LogP contribution in [0.5, 0.6) is 0 Å². The Morgan fingerprint density at radius 2 is 1.15 bits per heavy atom. The molecule has 8 nitrogen and oxygen atoms in total. The first-order valence-electron chi connectivity index (χ1n) is 4.01. The summed E-state index contributed by atoms with van der Waals surface area (Å²) in [6, 6.07) is 0. The minimum absolute atomic E-state index is 0. The van der Waals surface area contributed by atoms with E-state index >= 15 is 0 Å². The van der Waals surface area contributed by atoms with Crippen LogP contribution < -0.4 is 46.5 Å². The van der Waals surface area contributed by atoms with E-state index in [1.54, 1.807) is 23.5 Å². The van der Waals surface area contributed by atoms with E-state index < -0.39 is 0 Å². The first-order chi connectivity index (χ1) is 7.65. The van der Waals surface area contributed by atoms with E-state index in [2.05, 4.69) is 20.4 Å². The number of nitrogens with zero attached hydrogens (tertiary/aromatic N) is 2. The van der Waals surface area contributed by atoms with E-state index in [9.17, 15) is 0 Å². The lowest BCUT2D eigenvalue weighted by Crippen LogP contribution is -3.00. The fourth-order valence-corrected chi connectivity index (χ4v) is 2.86. The highest BCUT2D eigenvalue weighted by molar-refractivity contribution is 8.00. The van der Waals surface area contributed by atoms with Gasteiger partial charge in [0.05, 0.1) is 0 Å². The van der Waals surface area contributed by atoms with E-state index in [0.29, 0.717) is 10.3 Å². The maximum atomic E-state index is 5.32. The second-order valence-electron chi connectivity index (χ2n) is 2.31. The number of aromatic amines is 2. The summed E-state index contributed by atoms with van der Waals surface area (Å²) in [5.74, 6) is 0. The average molecular weight is 403 g/mol. The van der Waals surface area contributed by atoms with Crippen LogP contribution in [-0.4, -0.2) is 33.7 Å². The van der Waals surface area contributed by atoms with Gasteiger partial charge in [-0.15, -0.1) is 0 Å². The average Bonchev–Trinajstić information content (AvgIpc) is 2.88. The van der Waals surface area contributed by atoms with Gasteiger partial charge in [-0.1, -0.05) is 10.2 Å². The van der Waals surface area contributed by atoms with Crippen molar-refractivity contribution in [3.05, 3.63) is 0 Å². The highest BCUT2D eigenvalue weighted by Gasteiger charge is 2.04. The highest BCUT2D eigenvalue weighted by Crippen LogP contribution is 2.17. The number of nitrogens with two attached hydrogens (primary N) is 2. The minimum atomic E-state index is 0. The van der Waals surface area contributed by atoms with Crippen molar-refractivity contribution in [2.75, 3.05) is 24.0 Å². The summed E-state index contributed by atoms with van der Waals surface area (Å²) in [6.07, 6.45) is 3.95. The standard InChI is InChI=1S/2C3H5N3S2.2ClH.2H2O/c2*1-7-3-6-5-2(4)8-3;;;;/h2*1H3,(H2,4,5);2*1H;2*1H2. The van der Waals surface area contributed by atoms with Crippen molar-refractivity contribution in [3.63, 3.8) is 0 Å². The third kappa shape index (κ3) is 10.7. The molecule has 14 heteroatoms. The third-order valence-electron chi connectivity index (χ3n) is 1.28. The summed E-state index contributed by atoms with van der Waals surface area (Å²) in [5, 5.41) is 14.2. The molecule has 0 aliphatic rings. The number of hydrogen-bond donors (Lipinski definition) is 2. The number of H-pyrrole nitrogens is 2. The maximum Gasteiger partial charge on any atom is 0.323 e. The summed E-state index contributed by atoms with van der Waals surface area (Å²) >= 11 is 6.14. The zero-order valence-corrected chi connectivity index (χ0v) is 15.2. The lowest BCUT2D eigenvalue weighted by atomic mass is 11.3. The number of thioether (sulfide) groups is 2. The van der Waals surface area contributed by atoms with Crippen LogP contribution in [0.1, 0.15) is 0 Å². The SMILES string of the molecule is CSc1[nH+]nc(N)s1.CSc1[nH+]nc(N)s1.O.O.[Cl-].[Cl-]. The van der Waals surface area contributed by atoms with Crippen LogP contribution in [0.2, 0.25) is 0 Å². The number of hydrogen-bond acceptors (Lipinski definition) is 8. The molecule has 0 amide bonds. The smallest absolute Gasteiger partial charge is 0.323 e. The zero-order valence-electron chi connectivity index (χ0n) is 10.4. The Kier molecular flexibility index (Phi) is 21.5. The molecular formula is C6H16Cl2N6O2S4. The summed E-state index contributed by atoms with van der Waals surface area (Å²) in [6.45, 7) is 0. The summed E-state index contributed by atoms with van der Waals surface area (Å²) in [5.41, 5.74) is 10.6. The van der Waals surface area contributed by atoms with Crippen LogP contribution in [0.4, 0.5) is 10.3 Å². The number of rotatable bonds is 2. The molecule has 2 aromatic heterocycles. The largest absolute Gasteiger partial charge is 1.00 e. The fourth-order valence-electron chi connectivity index (χ4n) is 0.657. The number of anilines is 2. The third-order valence-corrected chi connectivity index (χ3v) is 4.86. The van der Waals surface area contributed by atoms with Crippen LogP contribution >= 0.6 is 46.2 Å². The highest BCUT2D eigenvalue weighted by atomic mass is 35.5. The molecule has 2 aromatic rings. The van der Waals surface area contributed by atoms with Crippen LogP contribution in [0.15, 0.2) is 8.68 Å². The Morgan fingerprint density at radius 3 is 1.25 bits per heavy atom. The minimum Gasteiger partial charge on any atom is -1.00 e. The summed E-state index contributed by atoms with van der Waals surface area (Å²) < 4.78 is 2.09. The molecule has 2 heterocycles. The van der Waals surface area contributed by atoms with Crippen molar-refractivity contribution >= 4 is 56.5 Å². The van der Waals surface area contributed by atoms with Crippen LogP contribution in [0.25, 0.3) is 0 Å². The van der Waals surface area contributed by atoms with Gasteiger partial charge in [0.25, 0.3) is 10.3 Å². The number of nitrogen functional groups attached to an aromatic ring is 2. The van der Waals surface area contributed by atoms with Crippen molar-refractivity contribution in [1.82, 2.24) is 10.2 Å². The molecule has 0 spiro atoms. The lowest BCUT2D eigenvalue weighted by molar-refractivity contribution is -0.487. The van der Waals surface area contributed by atoms with E-state index in [1.807, 2.05) is 12.5 Å². The number of aromatic nitrogens is 4. The molecular weight excluding hydrogens is 387 g/mol. The molecule has 0 bridgehead atoms. The van der Waals surface area contributed by atoms with Crippen LogP contribution in [-0.2, 0) is 0 Å². The molecule has 10 N–H and O–H groups in total. The van der Waals surface area contributed by atoms with Crippen molar-refractivity contribution in [2.45, 2.75) is 8.68 Å². The zero-order chi connectivity index (χ0) is 12.0. The predicted molar refractivity (Wildman–Crippen MR) is 77.0 cm³/mol. The van der Waals surface area contributed by atoms with E-state index in [-0.39, 0.29) is 35.8 Å². The molecule has 0 unspecified atom stereocenters. The topological polar surface area (TPSA) is 169 Å². The molecule has 0 saturated heterocycles. The fraction of sp³-hybridized carbons (Fsp3) is 0.333. The molecule has 0 radical (unpaired) electrons. The van der Waals surface area contributed by atoms with Gasteiger partial charge in [0.15, 0.2) is 0 Å². The molecule has 0 aliphatic carbocycles. The van der Waals surface area contributed by atoms with Gasteiger partial charge in [0.2, 0.25) is 0 Å². The van der Waals surface area contributed by atoms with Crippen molar-refractivity contribution in [3.8, 4) is 0 Å². The van der Waals surface area contributed by atoms with Gasteiger partial charge >= 0.3 is 8.68 Å². The first kappa shape index (κ1) is 28.1. The normalized spacial score (nSPS) is 7.70. The van der Waals surface area contributed by atoms with Gasteiger partial charge in [-0.3, -0.25) is 0 Å². The quantitative estimate of drug-likeness (QED) is 0.472. The summed E-state index contributed by atoms with van der Waals surface area (Å²) in [7, 11) is 0. The van der Waals surface area contributed by atoms with Gasteiger partial charge in [0, 0.05) is 10.2 Å². The molecule has 0 aliphatic heterocycles. The Bertz CT molecular complexity index is 404. The molecule has 0 aromatic carbocycles. The van der Waals surface area contributed by atoms with Crippen LogP contribution in [0, 0.1) is 0 Å². The number of halogens is 2. The Balaban J connectivity index is -0.000000107. The molecule has 0 fully saturated rings. The van der Waals surface area contributed by atoms with E-state index in [0.717, 1.165) is 8.68 Å². The molecule has 2 rings (SSSR count). The molecule has 120 valence electrons. The second-order valence-corrected chi connectivity index (χ2v) is 6.52. The number of nitrogens with one attached hydrogen (secondary N) is 2. The Hall–Kier alpha value is -0.0800. The van der Waals surface area contributed by atoms with Gasteiger partial charge in [0.1, 0.15) is 0 Å². The summed E-state index contributed by atoms with van der Waals surface area (Å²) in [4.78, 5) is 0. The predicted octanol–water partition coefficient (Wildman–Crippen LogP) is -7.12. The molecule has 0 atom stereocenters. The Labute approximate surface area is 145 Å². The van der Waals surface area contributed by atoms with Gasteiger partial charge in [-0.05, 0) is 58.7 Å². The van der Waals surface area contributed by atoms with Crippen LogP contribution in [0.3, 0.4) is 0 Å². The first-order valence-corrected chi connectivity index (χ1v) is 8.10. The van der Waals surface area contributed by atoms with Gasteiger partial charge in [-0.25, -0.2) is 0 Å². The van der Waals surface area contributed by atoms with E-state index in [1.165, 1.54) is 22.7 Å². The van der Waals surface area contributed by atoms with Crippen molar-refractivity contribution in [1.29, 1.82) is 0 Å². The van der Waals surface area contributed by atoms with E-state index in [4.69, 9.17) is 11.5 Å². The second kappa shape index (κ2) is 15.3.